The number of carbonyl (C=O) groups excluding carboxylic acids is 1. The SMILES string of the molecule is CN1CCC(C2CN(C(C)(C)CN)C(=O)N2C)C1. The van der Waals surface area contributed by atoms with E-state index in [-0.39, 0.29) is 11.6 Å². The quantitative estimate of drug-likeness (QED) is 0.794. The summed E-state index contributed by atoms with van der Waals surface area (Å²) in [5.41, 5.74) is 5.55. The molecule has 0 bridgehead atoms. The Kier molecular flexibility index (Phi) is 3.56. The minimum atomic E-state index is -0.245. The van der Waals surface area contributed by atoms with Crippen LogP contribution in [0.5, 0.6) is 0 Å². The molecule has 0 radical (unpaired) electrons. The molecule has 2 fully saturated rings. The van der Waals surface area contributed by atoms with Crippen molar-refractivity contribution in [2.75, 3.05) is 40.3 Å². The molecule has 0 aromatic rings. The number of carbonyl (C=O) groups is 1. The number of nitrogens with zero attached hydrogens (tertiary/aromatic N) is 3. The first-order valence-corrected chi connectivity index (χ1v) is 6.80. The molecule has 2 atom stereocenters. The van der Waals surface area contributed by atoms with Crippen LogP contribution < -0.4 is 5.73 Å². The van der Waals surface area contributed by atoms with Crippen LogP contribution in [0.3, 0.4) is 0 Å². The van der Waals surface area contributed by atoms with Gasteiger partial charge < -0.3 is 20.4 Å². The highest BCUT2D eigenvalue weighted by Gasteiger charge is 2.45. The van der Waals surface area contributed by atoms with E-state index in [2.05, 4.69) is 11.9 Å². The zero-order valence-electron chi connectivity index (χ0n) is 12.0. The van der Waals surface area contributed by atoms with E-state index in [0.717, 1.165) is 19.6 Å². The number of amides is 2. The van der Waals surface area contributed by atoms with Crippen LogP contribution in [0, 0.1) is 5.92 Å². The third-order valence-corrected chi connectivity index (χ3v) is 4.60. The van der Waals surface area contributed by atoms with Crippen molar-refractivity contribution in [3.05, 3.63) is 0 Å². The van der Waals surface area contributed by atoms with Crippen molar-refractivity contribution in [1.29, 1.82) is 0 Å². The lowest BCUT2D eigenvalue weighted by molar-refractivity contribution is 0.154. The van der Waals surface area contributed by atoms with Crippen molar-refractivity contribution in [3.8, 4) is 0 Å². The second-order valence-corrected chi connectivity index (χ2v) is 6.40. The highest BCUT2D eigenvalue weighted by molar-refractivity contribution is 5.77. The van der Waals surface area contributed by atoms with E-state index in [9.17, 15) is 4.79 Å². The third kappa shape index (κ3) is 2.21. The molecule has 0 aromatic carbocycles. The van der Waals surface area contributed by atoms with Crippen molar-refractivity contribution in [1.82, 2.24) is 14.7 Å². The molecule has 0 saturated carbocycles. The van der Waals surface area contributed by atoms with Gasteiger partial charge in [-0.25, -0.2) is 4.79 Å². The topological polar surface area (TPSA) is 52.8 Å². The summed E-state index contributed by atoms with van der Waals surface area (Å²) in [6.45, 7) is 7.65. The molecule has 0 spiro atoms. The number of hydrogen-bond acceptors (Lipinski definition) is 3. The van der Waals surface area contributed by atoms with Crippen LogP contribution in [0.1, 0.15) is 20.3 Å². The summed E-state index contributed by atoms with van der Waals surface area (Å²) in [7, 11) is 4.08. The third-order valence-electron chi connectivity index (χ3n) is 4.60. The first kappa shape index (κ1) is 13.6. The molecule has 2 unspecified atom stereocenters. The molecule has 2 aliphatic heterocycles. The Labute approximate surface area is 110 Å². The first-order chi connectivity index (χ1) is 8.36. The van der Waals surface area contributed by atoms with Crippen molar-refractivity contribution >= 4 is 6.03 Å². The number of rotatable bonds is 3. The fourth-order valence-corrected chi connectivity index (χ4v) is 3.08. The predicted octanol–water partition coefficient (Wildman–Crippen LogP) is 0.411. The molecule has 5 heteroatoms. The summed E-state index contributed by atoms with van der Waals surface area (Å²) in [6.07, 6.45) is 1.19. The Morgan fingerprint density at radius 1 is 1.33 bits per heavy atom. The van der Waals surface area contributed by atoms with Gasteiger partial charge in [0.2, 0.25) is 0 Å². The average molecular weight is 254 g/mol. The van der Waals surface area contributed by atoms with Gasteiger partial charge in [-0.1, -0.05) is 0 Å². The highest BCUT2D eigenvalue weighted by Crippen LogP contribution is 2.30. The van der Waals surface area contributed by atoms with Crippen LogP contribution >= 0.6 is 0 Å². The Bertz CT molecular complexity index is 331. The molecule has 2 saturated heterocycles. The number of likely N-dealkylation sites (N-methyl/N-ethyl adjacent to an activating group) is 1. The lowest BCUT2D eigenvalue weighted by Gasteiger charge is -2.33. The van der Waals surface area contributed by atoms with Gasteiger partial charge in [0.15, 0.2) is 0 Å². The van der Waals surface area contributed by atoms with Gasteiger partial charge in [-0.05, 0) is 39.8 Å². The van der Waals surface area contributed by atoms with Crippen LogP contribution in [-0.4, -0.2) is 72.6 Å². The summed E-state index contributed by atoms with van der Waals surface area (Å²) >= 11 is 0. The zero-order valence-corrected chi connectivity index (χ0v) is 12.0. The maximum Gasteiger partial charge on any atom is 0.320 e. The van der Waals surface area contributed by atoms with Crippen LogP contribution in [0.2, 0.25) is 0 Å². The van der Waals surface area contributed by atoms with Gasteiger partial charge in [0, 0.05) is 26.7 Å². The van der Waals surface area contributed by atoms with Crippen LogP contribution in [0.25, 0.3) is 0 Å². The van der Waals surface area contributed by atoms with E-state index in [1.165, 1.54) is 6.42 Å². The highest BCUT2D eigenvalue weighted by atomic mass is 16.2. The molecule has 2 heterocycles. The molecule has 104 valence electrons. The summed E-state index contributed by atoms with van der Waals surface area (Å²) < 4.78 is 0. The van der Waals surface area contributed by atoms with Gasteiger partial charge in [-0.15, -0.1) is 0 Å². The van der Waals surface area contributed by atoms with Crippen LogP contribution in [0.15, 0.2) is 0 Å². The smallest absolute Gasteiger partial charge is 0.320 e. The van der Waals surface area contributed by atoms with Crippen molar-refractivity contribution in [3.63, 3.8) is 0 Å². The lowest BCUT2D eigenvalue weighted by Crippen LogP contribution is -2.50. The van der Waals surface area contributed by atoms with Gasteiger partial charge >= 0.3 is 6.03 Å². The fraction of sp³-hybridized carbons (Fsp3) is 0.923. The number of likely N-dealkylation sites (tertiary alicyclic amines) is 1. The molecular weight excluding hydrogens is 228 g/mol. The Balaban J connectivity index is 2.10. The van der Waals surface area contributed by atoms with E-state index >= 15 is 0 Å². The first-order valence-electron chi connectivity index (χ1n) is 6.80. The van der Waals surface area contributed by atoms with Crippen molar-refractivity contribution in [2.45, 2.75) is 31.8 Å². The largest absolute Gasteiger partial charge is 0.328 e. The monoisotopic (exact) mass is 254 g/mol. The number of nitrogens with two attached hydrogens (primary N) is 1. The minimum Gasteiger partial charge on any atom is -0.328 e. The van der Waals surface area contributed by atoms with E-state index in [1.807, 2.05) is 30.7 Å². The Morgan fingerprint density at radius 3 is 2.50 bits per heavy atom. The van der Waals surface area contributed by atoms with E-state index < -0.39 is 0 Å². The molecule has 2 aliphatic rings. The van der Waals surface area contributed by atoms with Crippen molar-refractivity contribution in [2.24, 2.45) is 11.7 Å². The van der Waals surface area contributed by atoms with Gasteiger partial charge in [0.05, 0.1) is 11.6 Å². The summed E-state index contributed by atoms with van der Waals surface area (Å²) in [4.78, 5) is 18.5. The van der Waals surface area contributed by atoms with E-state index in [1.54, 1.807) is 0 Å². The zero-order chi connectivity index (χ0) is 13.5. The second-order valence-electron chi connectivity index (χ2n) is 6.40. The van der Waals surface area contributed by atoms with E-state index in [0.29, 0.717) is 18.5 Å². The molecule has 0 aromatic heterocycles. The molecule has 2 rings (SSSR count). The molecular formula is C13H26N4O. The number of urea groups is 1. The maximum atomic E-state index is 12.3. The van der Waals surface area contributed by atoms with Crippen LogP contribution in [0.4, 0.5) is 4.79 Å². The molecule has 18 heavy (non-hydrogen) atoms. The maximum absolute atomic E-state index is 12.3. The van der Waals surface area contributed by atoms with Gasteiger partial charge in [-0.3, -0.25) is 0 Å². The fourth-order valence-electron chi connectivity index (χ4n) is 3.08. The summed E-state index contributed by atoms with van der Waals surface area (Å²) in [5.74, 6) is 0.600. The summed E-state index contributed by atoms with van der Waals surface area (Å²) in [6, 6.07) is 0.471. The molecule has 2 amide bonds. The predicted molar refractivity (Wildman–Crippen MR) is 72.4 cm³/mol. The Morgan fingerprint density at radius 2 is 2.00 bits per heavy atom. The van der Waals surface area contributed by atoms with Crippen LogP contribution in [-0.2, 0) is 0 Å². The molecule has 5 nitrogen and oxygen atoms in total. The average Bonchev–Trinajstić information content (AvgIpc) is 2.86. The normalized spacial score (nSPS) is 30.6. The molecule has 0 aliphatic carbocycles. The Hall–Kier alpha value is -0.810. The molecule has 2 N–H and O–H groups in total. The van der Waals surface area contributed by atoms with Gasteiger partial charge in [0.1, 0.15) is 0 Å². The van der Waals surface area contributed by atoms with Crippen molar-refractivity contribution < 1.29 is 4.79 Å². The number of hydrogen-bond donors (Lipinski definition) is 1. The van der Waals surface area contributed by atoms with E-state index in [4.69, 9.17) is 5.73 Å². The van der Waals surface area contributed by atoms with Gasteiger partial charge in [0.25, 0.3) is 0 Å². The second kappa shape index (κ2) is 4.70. The minimum absolute atomic E-state index is 0.130. The lowest BCUT2D eigenvalue weighted by atomic mass is 9.97. The van der Waals surface area contributed by atoms with Gasteiger partial charge in [-0.2, -0.15) is 0 Å². The standard InChI is InChI=1S/C13H26N4O/c1-13(2,9-14)17-8-11(16(4)12(17)18)10-5-6-15(3)7-10/h10-11H,5-9,14H2,1-4H3. The summed E-state index contributed by atoms with van der Waals surface area (Å²) in [5, 5.41) is 0.